The Balaban J connectivity index is 2.25. The monoisotopic (exact) mass is 177 g/mol. The lowest BCUT2D eigenvalue weighted by molar-refractivity contribution is 0.814. The van der Waals surface area contributed by atoms with E-state index in [0.717, 1.165) is 24.4 Å². The summed E-state index contributed by atoms with van der Waals surface area (Å²) in [7, 11) is 0. The van der Waals surface area contributed by atoms with Crippen LogP contribution in [0.3, 0.4) is 0 Å². The first-order valence-corrected chi connectivity index (χ1v) is 4.93. The van der Waals surface area contributed by atoms with Gasteiger partial charge in [-0.2, -0.15) is 0 Å². The molecule has 2 rings (SSSR count). The van der Waals surface area contributed by atoms with Crippen LogP contribution in [0.2, 0.25) is 0 Å². The summed E-state index contributed by atoms with van der Waals surface area (Å²) in [5, 5.41) is 0. The number of rotatable bonds is 3. The second-order valence-electron chi connectivity index (χ2n) is 3.66. The second kappa shape index (κ2) is 3.32. The number of aryl methyl sites for hydroxylation is 1. The summed E-state index contributed by atoms with van der Waals surface area (Å²) in [5.41, 5.74) is 6.85. The highest BCUT2D eigenvalue weighted by Crippen LogP contribution is 2.39. The van der Waals surface area contributed by atoms with Gasteiger partial charge in [-0.15, -0.1) is 0 Å². The largest absolute Gasteiger partial charge is 0.384 e. The van der Waals surface area contributed by atoms with Crippen LogP contribution in [0.5, 0.6) is 0 Å². The van der Waals surface area contributed by atoms with Crippen molar-refractivity contribution in [1.82, 2.24) is 9.97 Å². The van der Waals surface area contributed by atoms with Crippen LogP contribution in [-0.2, 0) is 6.42 Å². The molecule has 3 nitrogen and oxygen atoms in total. The van der Waals surface area contributed by atoms with Crippen LogP contribution in [0.25, 0.3) is 0 Å². The van der Waals surface area contributed by atoms with Gasteiger partial charge in [0.15, 0.2) is 0 Å². The van der Waals surface area contributed by atoms with Gasteiger partial charge in [-0.25, -0.2) is 9.97 Å². The van der Waals surface area contributed by atoms with Crippen LogP contribution in [0.15, 0.2) is 6.07 Å². The predicted molar refractivity (Wildman–Crippen MR) is 52.4 cm³/mol. The molecule has 2 N–H and O–H groups in total. The van der Waals surface area contributed by atoms with Crippen LogP contribution < -0.4 is 5.73 Å². The van der Waals surface area contributed by atoms with E-state index >= 15 is 0 Å². The minimum atomic E-state index is 0.625. The van der Waals surface area contributed by atoms with Crippen molar-refractivity contribution in [2.45, 2.75) is 38.5 Å². The van der Waals surface area contributed by atoms with Crippen LogP contribution in [-0.4, -0.2) is 9.97 Å². The van der Waals surface area contributed by atoms with Crippen molar-refractivity contribution >= 4 is 5.82 Å². The van der Waals surface area contributed by atoms with Crippen molar-refractivity contribution in [2.75, 3.05) is 5.73 Å². The number of anilines is 1. The molecule has 1 fully saturated rings. The normalized spacial score (nSPS) is 16.1. The van der Waals surface area contributed by atoms with E-state index in [1.165, 1.54) is 12.8 Å². The van der Waals surface area contributed by atoms with Gasteiger partial charge in [0.1, 0.15) is 11.6 Å². The summed E-state index contributed by atoms with van der Waals surface area (Å²) in [5.74, 6) is 2.20. The summed E-state index contributed by atoms with van der Waals surface area (Å²) >= 11 is 0. The van der Waals surface area contributed by atoms with Crippen molar-refractivity contribution in [3.63, 3.8) is 0 Å². The van der Waals surface area contributed by atoms with Crippen molar-refractivity contribution in [3.8, 4) is 0 Å². The molecule has 0 bridgehead atoms. The fourth-order valence-corrected chi connectivity index (χ4v) is 1.46. The highest BCUT2D eigenvalue weighted by Gasteiger charge is 2.25. The van der Waals surface area contributed by atoms with Gasteiger partial charge >= 0.3 is 0 Å². The summed E-state index contributed by atoms with van der Waals surface area (Å²) in [6.07, 6.45) is 4.54. The van der Waals surface area contributed by atoms with Crippen molar-refractivity contribution in [3.05, 3.63) is 17.6 Å². The van der Waals surface area contributed by atoms with E-state index in [4.69, 9.17) is 5.73 Å². The van der Waals surface area contributed by atoms with E-state index in [2.05, 4.69) is 16.9 Å². The van der Waals surface area contributed by atoms with Crippen molar-refractivity contribution in [2.24, 2.45) is 0 Å². The maximum atomic E-state index is 5.70. The zero-order valence-corrected chi connectivity index (χ0v) is 7.95. The average Bonchev–Trinajstić information content (AvgIpc) is 2.85. The van der Waals surface area contributed by atoms with Gasteiger partial charge in [0.25, 0.3) is 0 Å². The lowest BCUT2D eigenvalue weighted by atomic mass is 10.2. The van der Waals surface area contributed by atoms with E-state index < -0.39 is 0 Å². The summed E-state index contributed by atoms with van der Waals surface area (Å²) in [4.78, 5) is 8.69. The maximum Gasteiger partial charge on any atom is 0.130 e. The number of aromatic nitrogens is 2. The van der Waals surface area contributed by atoms with E-state index in [1.807, 2.05) is 6.07 Å². The number of hydrogen-bond acceptors (Lipinski definition) is 3. The molecule has 1 aliphatic rings. The molecule has 1 aromatic rings. The standard InChI is InChI=1S/C10H15N3/c1-2-3-10-12-8(7-4-5-7)6-9(11)13-10/h6-7H,2-5H2,1H3,(H2,11,12,13). The van der Waals surface area contributed by atoms with Crippen LogP contribution >= 0.6 is 0 Å². The Morgan fingerprint density at radius 2 is 2.23 bits per heavy atom. The molecule has 0 unspecified atom stereocenters. The molecule has 3 heteroatoms. The first-order valence-electron chi connectivity index (χ1n) is 4.93. The predicted octanol–water partition coefficient (Wildman–Crippen LogP) is 1.89. The Morgan fingerprint density at radius 3 is 2.85 bits per heavy atom. The minimum absolute atomic E-state index is 0.625. The number of nitrogen functional groups attached to an aromatic ring is 1. The third-order valence-electron chi connectivity index (χ3n) is 2.28. The van der Waals surface area contributed by atoms with Crippen LogP contribution in [0.4, 0.5) is 5.82 Å². The fraction of sp³-hybridized carbons (Fsp3) is 0.600. The van der Waals surface area contributed by atoms with Crippen molar-refractivity contribution < 1.29 is 0 Å². The summed E-state index contributed by atoms with van der Waals surface area (Å²) in [6, 6.07) is 1.91. The van der Waals surface area contributed by atoms with Crippen molar-refractivity contribution in [1.29, 1.82) is 0 Å². The molecule has 0 amide bonds. The first kappa shape index (κ1) is 8.48. The Hall–Kier alpha value is -1.12. The third kappa shape index (κ3) is 1.97. The van der Waals surface area contributed by atoms with Gasteiger partial charge in [0, 0.05) is 24.1 Å². The lowest BCUT2D eigenvalue weighted by Crippen LogP contribution is -2.02. The van der Waals surface area contributed by atoms with E-state index in [9.17, 15) is 0 Å². The second-order valence-corrected chi connectivity index (χ2v) is 3.66. The van der Waals surface area contributed by atoms with Gasteiger partial charge < -0.3 is 5.73 Å². The third-order valence-corrected chi connectivity index (χ3v) is 2.28. The molecule has 0 aliphatic heterocycles. The number of nitrogens with zero attached hydrogens (tertiary/aromatic N) is 2. The number of nitrogens with two attached hydrogens (primary N) is 1. The Bertz CT molecular complexity index is 305. The van der Waals surface area contributed by atoms with E-state index in [0.29, 0.717) is 11.7 Å². The van der Waals surface area contributed by atoms with Gasteiger partial charge in [0.05, 0.1) is 0 Å². The fourth-order valence-electron chi connectivity index (χ4n) is 1.46. The van der Waals surface area contributed by atoms with Crippen LogP contribution in [0, 0.1) is 0 Å². The Labute approximate surface area is 78.4 Å². The molecule has 0 saturated heterocycles. The molecule has 1 aromatic heterocycles. The molecule has 0 aromatic carbocycles. The summed E-state index contributed by atoms with van der Waals surface area (Å²) in [6.45, 7) is 2.13. The summed E-state index contributed by atoms with van der Waals surface area (Å²) < 4.78 is 0. The topological polar surface area (TPSA) is 51.8 Å². The van der Waals surface area contributed by atoms with E-state index in [1.54, 1.807) is 0 Å². The Morgan fingerprint density at radius 1 is 1.46 bits per heavy atom. The molecule has 70 valence electrons. The van der Waals surface area contributed by atoms with Gasteiger partial charge in [-0.3, -0.25) is 0 Å². The lowest BCUT2D eigenvalue weighted by Gasteiger charge is -2.03. The highest BCUT2D eigenvalue weighted by atomic mass is 14.9. The molecule has 1 heterocycles. The molecular formula is C10H15N3. The molecule has 0 atom stereocenters. The molecule has 1 aliphatic carbocycles. The molecular weight excluding hydrogens is 162 g/mol. The van der Waals surface area contributed by atoms with Gasteiger partial charge in [-0.1, -0.05) is 6.92 Å². The Kier molecular flexibility index (Phi) is 2.17. The zero-order valence-electron chi connectivity index (χ0n) is 7.95. The quantitative estimate of drug-likeness (QED) is 0.767. The molecule has 0 radical (unpaired) electrons. The maximum absolute atomic E-state index is 5.70. The highest BCUT2D eigenvalue weighted by molar-refractivity contribution is 5.32. The van der Waals surface area contributed by atoms with Crippen LogP contribution in [0.1, 0.15) is 43.6 Å². The zero-order chi connectivity index (χ0) is 9.26. The van der Waals surface area contributed by atoms with E-state index in [-0.39, 0.29) is 0 Å². The first-order chi connectivity index (χ1) is 6.29. The molecule has 13 heavy (non-hydrogen) atoms. The molecule has 1 saturated carbocycles. The SMILES string of the molecule is CCCc1nc(N)cc(C2CC2)n1. The number of hydrogen-bond donors (Lipinski definition) is 1. The van der Waals surface area contributed by atoms with Gasteiger partial charge in [-0.05, 0) is 19.3 Å². The average molecular weight is 177 g/mol. The van der Waals surface area contributed by atoms with Gasteiger partial charge in [0.2, 0.25) is 0 Å². The molecule has 0 spiro atoms. The minimum Gasteiger partial charge on any atom is -0.384 e. The smallest absolute Gasteiger partial charge is 0.130 e.